The van der Waals surface area contributed by atoms with Crippen molar-refractivity contribution < 1.29 is 10.5 Å². The number of ketones is 1. The highest BCUT2D eigenvalue weighted by Crippen LogP contribution is 1.94. The maximum Gasteiger partial charge on any atom is 0.187 e. The van der Waals surface area contributed by atoms with E-state index in [1.807, 2.05) is 0 Å². The van der Waals surface area contributed by atoms with Crippen molar-refractivity contribution in [3.05, 3.63) is 18.2 Å². The van der Waals surface area contributed by atoms with Crippen LogP contribution in [0.1, 0.15) is 12.6 Å². The molecule has 4 N–H and O–H groups in total. The van der Waals surface area contributed by atoms with Crippen LogP contribution in [0.3, 0.4) is 0 Å². The number of aromatic amines is 1. The van der Waals surface area contributed by atoms with Crippen molar-refractivity contribution in [3.8, 4) is 0 Å². The fourth-order valence-electron chi connectivity index (χ4n) is 0.806. The molecule has 0 aliphatic heterocycles. The first-order chi connectivity index (χ1) is 5.20. The van der Waals surface area contributed by atoms with Crippen molar-refractivity contribution in [1.82, 2.24) is 9.97 Å². The van der Waals surface area contributed by atoms with Crippen molar-refractivity contribution in [2.24, 2.45) is 0 Å². The Kier molecular flexibility index (Phi) is 2.38. The number of nitrogens with one attached hydrogen (secondary N) is 1. The van der Waals surface area contributed by atoms with Gasteiger partial charge in [-0.25, -0.2) is 4.98 Å². The van der Waals surface area contributed by atoms with Gasteiger partial charge in [0.25, 0.3) is 0 Å². The summed E-state index contributed by atoms with van der Waals surface area (Å²) < 4.78 is 0. The molecule has 0 amide bonds. The van der Waals surface area contributed by atoms with E-state index < -0.39 is 0 Å². The fourth-order valence-corrected chi connectivity index (χ4v) is 0.806. The van der Waals surface area contributed by atoms with Gasteiger partial charge in [0.05, 0.1) is 6.33 Å². The highest BCUT2D eigenvalue weighted by molar-refractivity contribution is 5.79. The van der Waals surface area contributed by atoms with Crippen LogP contribution in [0.25, 0.3) is 0 Å². The van der Waals surface area contributed by atoms with Gasteiger partial charge in [-0.15, -0.1) is 0 Å². The molecule has 11 heavy (non-hydrogen) atoms. The Morgan fingerprint density at radius 2 is 2.64 bits per heavy atom. The molecule has 0 bridgehead atoms. The summed E-state index contributed by atoms with van der Waals surface area (Å²) in [7, 11) is 0. The predicted octanol–water partition coefficient (Wildman–Crippen LogP) is -0.848. The normalized spacial score (nSPS) is 12.9. The lowest BCUT2D eigenvalue weighted by molar-refractivity contribution is -0.402. The molecule has 0 saturated carbocycles. The lowest BCUT2D eigenvalue weighted by Crippen LogP contribution is -2.65. The lowest BCUT2D eigenvalue weighted by Gasteiger charge is -2.00. The average Bonchev–Trinajstić information content (AvgIpc) is 2.39. The van der Waals surface area contributed by atoms with E-state index in [1.54, 1.807) is 19.4 Å². The number of nitrogens with zero attached hydrogens (tertiary/aromatic N) is 1. The van der Waals surface area contributed by atoms with E-state index in [9.17, 15) is 4.79 Å². The molecule has 4 heteroatoms. The van der Waals surface area contributed by atoms with Gasteiger partial charge in [-0.05, 0) is 0 Å². The number of aromatic nitrogens is 2. The molecule has 1 rings (SSSR count). The zero-order chi connectivity index (χ0) is 8.27. The van der Waals surface area contributed by atoms with E-state index in [2.05, 4.69) is 15.7 Å². The van der Waals surface area contributed by atoms with E-state index in [0.29, 0.717) is 6.42 Å². The zero-order valence-corrected chi connectivity index (χ0v) is 6.50. The summed E-state index contributed by atoms with van der Waals surface area (Å²) in [5.41, 5.74) is 4.67. The van der Waals surface area contributed by atoms with Gasteiger partial charge in [-0.1, -0.05) is 0 Å². The van der Waals surface area contributed by atoms with Crippen LogP contribution >= 0.6 is 0 Å². The van der Waals surface area contributed by atoms with Gasteiger partial charge in [0.1, 0.15) is 6.04 Å². The smallest absolute Gasteiger partial charge is 0.187 e. The van der Waals surface area contributed by atoms with Gasteiger partial charge in [0.15, 0.2) is 5.78 Å². The van der Waals surface area contributed by atoms with Crippen molar-refractivity contribution >= 4 is 5.78 Å². The number of rotatable bonds is 3. The number of imidazole rings is 1. The van der Waals surface area contributed by atoms with E-state index >= 15 is 0 Å². The second kappa shape index (κ2) is 3.30. The Hall–Kier alpha value is -1.16. The van der Waals surface area contributed by atoms with E-state index in [-0.39, 0.29) is 11.8 Å². The highest BCUT2D eigenvalue weighted by Gasteiger charge is 2.12. The Labute approximate surface area is 64.8 Å². The molecule has 4 nitrogen and oxygen atoms in total. The van der Waals surface area contributed by atoms with Gasteiger partial charge in [-0.3, -0.25) is 4.79 Å². The Balaban J connectivity index is 2.50. The molecule has 1 atom stereocenters. The number of hydrogen-bond acceptors (Lipinski definition) is 2. The quantitative estimate of drug-likeness (QED) is 0.595. The minimum absolute atomic E-state index is 0.111. The average molecular weight is 154 g/mol. The minimum atomic E-state index is -0.157. The van der Waals surface area contributed by atoms with E-state index in [4.69, 9.17) is 0 Å². The van der Waals surface area contributed by atoms with Crippen molar-refractivity contribution in [3.63, 3.8) is 0 Å². The molecule has 1 aromatic rings. The summed E-state index contributed by atoms with van der Waals surface area (Å²) in [6, 6.07) is -0.157. The molecule has 1 aromatic heterocycles. The van der Waals surface area contributed by atoms with Crippen LogP contribution < -0.4 is 5.73 Å². The molecular formula is C7H12N3O+. The summed E-state index contributed by atoms with van der Waals surface area (Å²) in [5, 5.41) is 0. The second-order valence-electron chi connectivity index (χ2n) is 2.59. The van der Waals surface area contributed by atoms with E-state index in [1.165, 1.54) is 0 Å². The monoisotopic (exact) mass is 154 g/mol. The molecular weight excluding hydrogens is 142 g/mol. The standard InChI is InChI=1S/C7H11N3O/c1-5(11)7(8)2-6-3-9-4-10-6/h3-4,7H,2,8H2,1H3,(H,9,10)/p+1. The summed E-state index contributed by atoms with van der Waals surface area (Å²) in [6.45, 7) is 1.55. The van der Waals surface area contributed by atoms with Crippen molar-refractivity contribution in [1.29, 1.82) is 0 Å². The number of Topliss-reactive ketones (excluding diaryl/α,β-unsaturated/α-hetero) is 1. The number of hydrogen-bond donors (Lipinski definition) is 2. The van der Waals surface area contributed by atoms with Gasteiger partial charge < -0.3 is 10.7 Å². The topological polar surface area (TPSA) is 73.4 Å². The maximum absolute atomic E-state index is 10.8. The Morgan fingerprint density at radius 1 is 1.91 bits per heavy atom. The largest absolute Gasteiger partial charge is 0.349 e. The molecule has 1 unspecified atom stereocenters. The number of carbonyl (C=O) groups is 1. The molecule has 0 spiro atoms. The fraction of sp³-hybridized carbons (Fsp3) is 0.429. The lowest BCUT2D eigenvalue weighted by atomic mass is 10.1. The summed E-state index contributed by atoms with van der Waals surface area (Å²) in [6.07, 6.45) is 3.96. The highest BCUT2D eigenvalue weighted by atomic mass is 16.1. The third kappa shape index (κ3) is 2.16. The number of quaternary nitrogens is 1. The molecule has 1 heterocycles. The number of H-pyrrole nitrogens is 1. The van der Waals surface area contributed by atoms with Crippen LogP contribution in [-0.4, -0.2) is 21.8 Å². The maximum atomic E-state index is 10.8. The van der Waals surface area contributed by atoms with Gasteiger partial charge in [-0.2, -0.15) is 0 Å². The third-order valence-corrected chi connectivity index (χ3v) is 1.60. The van der Waals surface area contributed by atoms with Crippen LogP contribution in [-0.2, 0) is 11.2 Å². The first-order valence-corrected chi connectivity index (χ1v) is 3.51. The van der Waals surface area contributed by atoms with Crippen molar-refractivity contribution in [2.45, 2.75) is 19.4 Å². The molecule has 0 fully saturated rings. The van der Waals surface area contributed by atoms with Crippen LogP contribution in [0, 0.1) is 0 Å². The first-order valence-electron chi connectivity index (χ1n) is 3.51. The molecule has 0 aliphatic rings. The molecule has 0 radical (unpaired) electrons. The Bertz CT molecular complexity index is 230. The van der Waals surface area contributed by atoms with Gasteiger partial charge >= 0.3 is 0 Å². The Morgan fingerprint density at radius 3 is 3.09 bits per heavy atom. The first kappa shape index (κ1) is 7.94. The van der Waals surface area contributed by atoms with E-state index in [0.717, 1.165) is 5.69 Å². The minimum Gasteiger partial charge on any atom is -0.349 e. The summed E-state index contributed by atoms with van der Waals surface area (Å²) in [4.78, 5) is 17.5. The number of carbonyl (C=O) groups excluding carboxylic acids is 1. The van der Waals surface area contributed by atoms with Gasteiger partial charge in [0.2, 0.25) is 0 Å². The van der Waals surface area contributed by atoms with Crippen molar-refractivity contribution in [2.75, 3.05) is 0 Å². The SMILES string of the molecule is CC(=O)C([NH3+])Cc1cnc[nH]1. The summed E-state index contributed by atoms with van der Waals surface area (Å²) >= 11 is 0. The third-order valence-electron chi connectivity index (χ3n) is 1.60. The van der Waals surface area contributed by atoms with Crippen LogP contribution in [0.2, 0.25) is 0 Å². The zero-order valence-electron chi connectivity index (χ0n) is 6.50. The summed E-state index contributed by atoms with van der Waals surface area (Å²) in [5.74, 6) is 0.111. The molecule has 0 saturated heterocycles. The molecule has 0 aliphatic carbocycles. The second-order valence-corrected chi connectivity index (χ2v) is 2.59. The predicted molar refractivity (Wildman–Crippen MR) is 39.6 cm³/mol. The van der Waals surface area contributed by atoms with Gasteiger partial charge in [0, 0.05) is 25.2 Å². The molecule has 60 valence electrons. The molecule has 0 aromatic carbocycles. The van der Waals surface area contributed by atoms with Crippen LogP contribution in [0.5, 0.6) is 0 Å². The van der Waals surface area contributed by atoms with Crippen LogP contribution in [0.4, 0.5) is 0 Å². The van der Waals surface area contributed by atoms with Crippen LogP contribution in [0.15, 0.2) is 12.5 Å².